The van der Waals surface area contributed by atoms with Gasteiger partial charge in [-0.2, -0.15) is 0 Å². The van der Waals surface area contributed by atoms with Gasteiger partial charge in [0.05, 0.1) is 0 Å². The third kappa shape index (κ3) is 4.77. The smallest absolute Gasteiger partial charge is 0.407 e. The number of halogens is 2. The van der Waals surface area contributed by atoms with Crippen LogP contribution < -0.4 is 5.32 Å². The SMILES string of the molecule is CC(C)(C)OC(=O)N[C@@H]1CCCC(F)(F)C1. The van der Waals surface area contributed by atoms with E-state index in [9.17, 15) is 13.6 Å². The lowest BCUT2D eigenvalue weighted by molar-refractivity contribution is -0.0447. The molecule has 0 aromatic heterocycles. The highest BCUT2D eigenvalue weighted by atomic mass is 19.3. The number of carbonyl (C=O) groups excluding carboxylic acids is 1. The van der Waals surface area contributed by atoms with Gasteiger partial charge in [-0.1, -0.05) is 0 Å². The lowest BCUT2D eigenvalue weighted by atomic mass is 9.92. The van der Waals surface area contributed by atoms with Crippen molar-refractivity contribution in [2.24, 2.45) is 0 Å². The van der Waals surface area contributed by atoms with Crippen LogP contribution >= 0.6 is 0 Å². The van der Waals surface area contributed by atoms with Crippen molar-refractivity contribution in [3.05, 3.63) is 0 Å². The van der Waals surface area contributed by atoms with Gasteiger partial charge in [-0.05, 0) is 33.6 Å². The van der Waals surface area contributed by atoms with Crippen molar-refractivity contribution >= 4 is 6.09 Å². The Bertz CT molecular complexity index is 261. The second-order valence-electron chi connectivity index (χ2n) is 5.30. The number of amides is 1. The third-order valence-corrected chi connectivity index (χ3v) is 2.36. The molecule has 0 spiro atoms. The minimum absolute atomic E-state index is 0.0838. The van der Waals surface area contributed by atoms with Crippen molar-refractivity contribution in [1.29, 1.82) is 0 Å². The van der Waals surface area contributed by atoms with E-state index in [1.165, 1.54) is 0 Å². The first kappa shape index (κ1) is 13.2. The molecule has 0 heterocycles. The molecule has 16 heavy (non-hydrogen) atoms. The molecule has 94 valence electrons. The van der Waals surface area contributed by atoms with Crippen LogP contribution in [-0.2, 0) is 4.74 Å². The third-order valence-electron chi connectivity index (χ3n) is 2.36. The van der Waals surface area contributed by atoms with Crippen LogP contribution in [-0.4, -0.2) is 23.7 Å². The van der Waals surface area contributed by atoms with Gasteiger partial charge in [0.2, 0.25) is 5.92 Å². The van der Waals surface area contributed by atoms with Crippen LogP contribution in [0.3, 0.4) is 0 Å². The summed E-state index contributed by atoms with van der Waals surface area (Å²) in [6.07, 6.45) is 0.0452. The topological polar surface area (TPSA) is 38.3 Å². The first-order chi connectivity index (χ1) is 7.18. The molecule has 5 heteroatoms. The number of carbonyl (C=O) groups is 1. The van der Waals surface area contributed by atoms with Crippen LogP contribution in [0, 0.1) is 0 Å². The average molecular weight is 235 g/mol. The van der Waals surface area contributed by atoms with Crippen molar-refractivity contribution in [3.63, 3.8) is 0 Å². The number of alkyl halides is 2. The van der Waals surface area contributed by atoms with Gasteiger partial charge in [0, 0.05) is 18.9 Å². The summed E-state index contributed by atoms with van der Waals surface area (Å²) >= 11 is 0. The van der Waals surface area contributed by atoms with E-state index in [2.05, 4.69) is 5.32 Å². The van der Waals surface area contributed by atoms with Gasteiger partial charge in [0.1, 0.15) is 5.60 Å². The number of rotatable bonds is 1. The molecule has 1 saturated carbocycles. The summed E-state index contributed by atoms with van der Waals surface area (Å²) in [6.45, 7) is 5.21. The largest absolute Gasteiger partial charge is 0.444 e. The molecule has 0 aromatic rings. The van der Waals surface area contributed by atoms with E-state index in [4.69, 9.17) is 4.74 Å². The van der Waals surface area contributed by atoms with Crippen molar-refractivity contribution in [1.82, 2.24) is 5.32 Å². The molecule has 0 radical (unpaired) electrons. The number of hydrogen-bond donors (Lipinski definition) is 1. The van der Waals surface area contributed by atoms with Gasteiger partial charge in [-0.15, -0.1) is 0 Å². The monoisotopic (exact) mass is 235 g/mol. The van der Waals surface area contributed by atoms with Gasteiger partial charge in [-0.25, -0.2) is 13.6 Å². The van der Waals surface area contributed by atoms with E-state index in [-0.39, 0.29) is 12.8 Å². The standard InChI is InChI=1S/C11H19F2NO2/c1-10(2,3)16-9(15)14-8-5-4-6-11(12,13)7-8/h8H,4-7H2,1-3H3,(H,14,15)/t8-/m1/s1. The zero-order chi connectivity index (χ0) is 12.4. The molecule has 0 aliphatic heterocycles. The number of hydrogen-bond acceptors (Lipinski definition) is 2. The minimum Gasteiger partial charge on any atom is -0.444 e. The van der Waals surface area contributed by atoms with E-state index >= 15 is 0 Å². The first-order valence-corrected chi connectivity index (χ1v) is 5.55. The Morgan fingerprint density at radius 2 is 2.06 bits per heavy atom. The predicted molar refractivity (Wildman–Crippen MR) is 56.6 cm³/mol. The molecule has 1 fully saturated rings. The van der Waals surface area contributed by atoms with Crippen LogP contribution in [0.5, 0.6) is 0 Å². The molecule has 0 bridgehead atoms. The molecule has 0 saturated heterocycles. The Morgan fingerprint density at radius 3 is 2.56 bits per heavy atom. The highest BCUT2D eigenvalue weighted by Gasteiger charge is 2.37. The van der Waals surface area contributed by atoms with Crippen molar-refractivity contribution < 1.29 is 18.3 Å². The molecule has 1 aliphatic carbocycles. The lowest BCUT2D eigenvalue weighted by Gasteiger charge is -2.30. The molecule has 1 amide bonds. The fourth-order valence-corrected chi connectivity index (χ4v) is 1.77. The Kier molecular flexibility index (Phi) is 3.76. The summed E-state index contributed by atoms with van der Waals surface area (Å²) < 4.78 is 31.1. The van der Waals surface area contributed by atoms with Gasteiger partial charge in [0.15, 0.2) is 0 Å². The van der Waals surface area contributed by atoms with Gasteiger partial charge in [0.25, 0.3) is 0 Å². The molecule has 3 nitrogen and oxygen atoms in total. The van der Waals surface area contributed by atoms with Crippen LogP contribution in [0.1, 0.15) is 46.5 Å². The highest BCUT2D eigenvalue weighted by Crippen LogP contribution is 2.33. The summed E-state index contributed by atoms with van der Waals surface area (Å²) in [5.74, 6) is -2.65. The van der Waals surface area contributed by atoms with E-state index < -0.39 is 23.7 Å². The van der Waals surface area contributed by atoms with Crippen LogP contribution in [0.15, 0.2) is 0 Å². The first-order valence-electron chi connectivity index (χ1n) is 5.55. The van der Waals surface area contributed by atoms with Gasteiger partial charge >= 0.3 is 6.09 Å². The zero-order valence-electron chi connectivity index (χ0n) is 9.98. The lowest BCUT2D eigenvalue weighted by Crippen LogP contribution is -2.44. The van der Waals surface area contributed by atoms with Gasteiger partial charge in [-0.3, -0.25) is 0 Å². The second-order valence-corrected chi connectivity index (χ2v) is 5.30. The number of alkyl carbamates (subject to hydrolysis) is 1. The number of ether oxygens (including phenoxy) is 1. The summed E-state index contributed by atoms with van der Waals surface area (Å²) in [4.78, 5) is 11.4. The predicted octanol–water partition coefficient (Wildman–Crippen LogP) is 3.09. The van der Waals surface area contributed by atoms with Crippen LogP contribution in [0.25, 0.3) is 0 Å². The Hall–Kier alpha value is -0.870. The molecular weight excluding hydrogens is 216 g/mol. The van der Waals surface area contributed by atoms with Crippen molar-refractivity contribution in [2.45, 2.75) is 64.0 Å². The molecular formula is C11H19F2NO2. The fraction of sp³-hybridized carbons (Fsp3) is 0.909. The summed E-state index contributed by atoms with van der Waals surface area (Å²) in [6, 6.07) is -0.474. The van der Waals surface area contributed by atoms with Crippen LogP contribution in [0.4, 0.5) is 13.6 Å². The highest BCUT2D eigenvalue weighted by molar-refractivity contribution is 5.68. The molecule has 1 N–H and O–H groups in total. The number of nitrogens with one attached hydrogen (secondary N) is 1. The average Bonchev–Trinajstić information content (AvgIpc) is 1.96. The van der Waals surface area contributed by atoms with E-state index in [1.54, 1.807) is 20.8 Å². The van der Waals surface area contributed by atoms with Crippen molar-refractivity contribution in [2.75, 3.05) is 0 Å². The summed E-state index contributed by atoms with van der Waals surface area (Å²) in [5.41, 5.74) is -0.596. The molecule has 0 aromatic carbocycles. The Labute approximate surface area is 94.5 Å². The van der Waals surface area contributed by atoms with Crippen LogP contribution in [0.2, 0.25) is 0 Å². The second kappa shape index (κ2) is 4.55. The quantitative estimate of drug-likeness (QED) is 0.758. The molecule has 0 unspecified atom stereocenters. The van der Waals surface area contributed by atoms with Gasteiger partial charge < -0.3 is 10.1 Å². The van der Waals surface area contributed by atoms with E-state index in [0.29, 0.717) is 12.8 Å². The Balaban J connectivity index is 2.40. The van der Waals surface area contributed by atoms with Crippen molar-refractivity contribution in [3.8, 4) is 0 Å². The normalized spacial score (nSPS) is 24.9. The fourth-order valence-electron chi connectivity index (χ4n) is 1.77. The maximum absolute atomic E-state index is 13.1. The Morgan fingerprint density at radius 1 is 1.44 bits per heavy atom. The van der Waals surface area contributed by atoms with E-state index in [1.807, 2.05) is 0 Å². The minimum atomic E-state index is -2.65. The molecule has 1 aliphatic rings. The zero-order valence-corrected chi connectivity index (χ0v) is 9.98. The summed E-state index contributed by atoms with van der Waals surface area (Å²) in [5, 5.41) is 2.49. The maximum atomic E-state index is 13.1. The molecule has 1 atom stereocenters. The molecule has 1 rings (SSSR count). The maximum Gasteiger partial charge on any atom is 0.407 e. The summed E-state index contributed by atoms with van der Waals surface area (Å²) in [7, 11) is 0. The van der Waals surface area contributed by atoms with E-state index in [0.717, 1.165) is 0 Å².